The largest absolute Gasteiger partial charge is 0.393 e. The van der Waals surface area contributed by atoms with Crippen LogP contribution in [0, 0.1) is 6.92 Å². The van der Waals surface area contributed by atoms with Crippen LogP contribution in [0.4, 0.5) is 5.82 Å². The number of hydrogen-bond donors (Lipinski definition) is 1. The Morgan fingerprint density at radius 3 is 2.72 bits per heavy atom. The molecular formula is C23H25N5O3S. The molecular weight excluding hydrogens is 426 g/mol. The highest BCUT2D eigenvalue weighted by molar-refractivity contribution is 7.17. The summed E-state index contributed by atoms with van der Waals surface area (Å²) < 4.78 is 14.0. The molecule has 0 saturated carbocycles. The Kier molecular flexibility index (Phi) is 5.88. The van der Waals surface area contributed by atoms with Crippen molar-refractivity contribution in [3.63, 3.8) is 0 Å². The van der Waals surface area contributed by atoms with E-state index in [1.165, 1.54) is 10.1 Å². The van der Waals surface area contributed by atoms with Crippen LogP contribution in [0.5, 0.6) is 0 Å². The van der Waals surface area contributed by atoms with E-state index in [0.29, 0.717) is 24.9 Å². The number of aliphatic hydroxyl groups is 1. The number of aliphatic hydroxyl groups excluding tert-OH is 1. The second-order valence-corrected chi connectivity index (χ2v) is 8.59. The highest BCUT2D eigenvalue weighted by atomic mass is 32.1. The Bertz CT molecular complexity index is 1230. The molecule has 1 aromatic carbocycles. The molecule has 32 heavy (non-hydrogen) atoms. The van der Waals surface area contributed by atoms with Gasteiger partial charge >= 0.3 is 0 Å². The van der Waals surface area contributed by atoms with Gasteiger partial charge in [-0.3, -0.25) is 0 Å². The molecule has 1 aliphatic rings. The first-order valence-electron chi connectivity index (χ1n) is 10.6. The molecule has 1 fully saturated rings. The highest BCUT2D eigenvalue weighted by Crippen LogP contribution is 2.34. The van der Waals surface area contributed by atoms with Gasteiger partial charge in [-0.25, -0.2) is 14.6 Å². The van der Waals surface area contributed by atoms with Crippen molar-refractivity contribution < 1.29 is 14.6 Å². The quantitative estimate of drug-likeness (QED) is 0.481. The van der Waals surface area contributed by atoms with Crippen molar-refractivity contribution in [3.8, 4) is 17.1 Å². The van der Waals surface area contributed by atoms with Crippen LogP contribution in [0.2, 0.25) is 0 Å². The summed E-state index contributed by atoms with van der Waals surface area (Å²) in [6.45, 7) is 4.61. The number of fused-ring (bicyclic) bond motifs is 1. The third kappa shape index (κ3) is 3.88. The van der Waals surface area contributed by atoms with Gasteiger partial charge in [0.15, 0.2) is 11.6 Å². The van der Waals surface area contributed by atoms with Crippen LogP contribution in [0.25, 0.3) is 27.2 Å². The van der Waals surface area contributed by atoms with E-state index in [4.69, 9.17) is 19.6 Å². The number of benzene rings is 1. The lowest BCUT2D eigenvalue weighted by Gasteiger charge is -2.28. The Morgan fingerprint density at radius 2 is 1.94 bits per heavy atom. The monoisotopic (exact) mass is 451 g/mol. The Balaban J connectivity index is 1.60. The number of aromatic nitrogens is 4. The summed E-state index contributed by atoms with van der Waals surface area (Å²) in [6.07, 6.45) is -0.606. The zero-order valence-electron chi connectivity index (χ0n) is 18.1. The fourth-order valence-electron chi connectivity index (χ4n) is 3.92. The highest BCUT2D eigenvalue weighted by Gasteiger charge is 2.21. The van der Waals surface area contributed by atoms with E-state index in [1.807, 2.05) is 23.7 Å². The molecule has 5 rings (SSSR count). The molecule has 166 valence electrons. The Hall–Kier alpha value is -2.85. The molecule has 8 nitrogen and oxygen atoms in total. The molecule has 9 heteroatoms. The lowest BCUT2D eigenvalue weighted by atomic mass is 10.1. The summed E-state index contributed by atoms with van der Waals surface area (Å²) >= 11 is 1.72. The smallest absolute Gasteiger partial charge is 0.164 e. The Labute approximate surface area is 190 Å². The molecule has 1 atom stereocenters. The minimum absolute atomic E-state index is 0.202. The van der Waals surface area contributed by atoms with Crippen LogP contribution in [-0.4, -0.2) is 64.9 Å². The number of methoxy groups -OCH3 is 1. The first-order chi connectivity index (χ1) is 15.7. The lowest BCUT2D eigenvalue weighted by Crippen LogP contribution is -2.37. The average molecular weight is 452 g/mol. The molecule has 1 saturated heterocycles. The van der Waals surface area contributed by atoms with Crippen LogP contribution >= 0.6 is 11.3 Å². The molecule has 0 aliphatic carbocycles. The van der Waals surface area contributed by atoms with E-state index < -0.39 is 6.10 Å². The van der Waals surface area contributed by atoms with Crippen molar-refractivity contribution in [1.29, 1.82) is 0 Å². The van der Waals surface area contributed by atoms with Crippen molar-refractivity contribution in [2.24, 2.45) is 0 Å². The third-order valence-corrected chi connectivity index (χ3v) is 6.61. The fourth-order valence-corrected chi connectivity index (χ4v) is 4.88. The zero-order valence-corrected chi connectivity index (χ0v) is 18.9. The predicted octanol–water partition coefficient (Wildman–Crippen LogP) is 3.37. The van der Waals surface area contributed by atoms with Crippen molar-refractivity contribution in [3.05, 3.63) is 53.3 Å². The zero-order chi connectivity index (χ0) is 22.1. The fraction of sp³-hybridized carbons (Fsp3) is 0.348. The van der Waals surface area contributed by atoms with Crippen molar-refractivity contribution in [2.45, 2.75) is 13.0 Å². The first kappa shape index (κ1) is 21.0. The van der Waals surface area contributed by atoms with Crippen molar-refractivity contribution >= 4 is 27.2 Å². The second kappa shape index (κ2) is 8.95. The lowest BCUT2D eigenvalue weighted by molar-refractivity contribution is 0.0422. The summed E-state index contributed by atoms with van der Waals surface area (Å²) in [5.74, 6) is 1.86. The van der Waals surface area contributed by atoms with E-state index in [1.54, 1.807) is 18.4 Å². The summed E-state index contributed by atoms with van der Waals surface area (Å²) in [5.41, 5.74) is 2.98. The van der Waals surface area contributed by atoms with E-state index in [0.717, 1.165) is 35.9 Å². The second-order valence-electron chi connectivity index (χ2n) is 7.68. The average Bonchev–Trinajstić information content (AvgIpc) is 3.44. The first-order valence-corrected chi connectivity index (χ1v) is 11.4. The number of rotatable bonds is 6. The Morgan fingerprint density at radius 1 is 1.16 bits per heavy atom. The number of morpholine rings is 1. The minimum Gasteiger partial charge on any atom is -0.393 e. The minimum atomic E-state index is -0.606. The number of aryl methyl sites for hydroxylation is 1. The summed E-state index contributed by atoms with van der Waals surface area (Å²) in [5, 5.41) is 18.0. The number of thiophene rings is 1. The maximum atomic E-state index is 9.77. The third-order valence-electron chi connectivity index (χ3n) is 5.65. The predicted molar refractivity (Wildman–Crippen MR) is 125 cm³/mol. The van der Waals surface area contributed by atoms with Crippen LogP contribution < -0.4 is 4.90 Å². The normalized spacial score (nSPS) is 15.4. The molecule has 1 N–H and O–H groups in total. The van der Waals surface area contributed by atoms with Crippen LogP contribution in [0.1, 0.15) is 17.6 Å². The van der Waals surface area contributed by atoms with Gasteiger partial charge in [-0.2, -0.15) is 5.10 Å². The molecule has 3 aromatic heterocycles. The van der Waals surface area contributed by atoms with Gasteiger partial charge in [0, 0.05) is 53.0 Å². The van der Waals surface area contributed by atoms with E-state index in [9.17, 15) is 5.11 Å². The number of hydrogen-bond acceptors (Lipinski definition) is 8. The van der Waals surface area contributed by atoms with Gasteiger partial charge in [0.05, 0.1) is 25.5 Å². The van der Waals surface area contributed by atoms with Crippen LogP contribution in [0.15, 0.2) is 41.8 Å². The molecule has 0 bridgehead atoms. The van der Waals surface area contributed by atoms with Gasteiger partial charge in [0.1, 0.15) is 11.9 Å². The van der Waals surface area contributed by atoms with Gasteiger partial charge < -0.3 is 19.5 Å². The van der Waals surface area contributed by atoms with Gasteiger partial charge in [-0.05, 0) is 19.1 Å². The molecule has 4 aromatic rings. The number of ether oxygens (including phenoxy) is 2. The van der Waals surface area contributed by atoms with Gasteiger partial charge in [0.25, 0.3) is 0 Å². The van der Waals surface area contributed by atoms with Gasteiger partial charge in [-0.15, -0.1) is 11.3 Å². The van der Waals surface area contributed by atoms with E-state index in [2.05, 4.69) is 39.5 Å². The van der Waals surface area contributed by atoms with Gasteiger partial charge in [-0.1, -0.05) is 18.2 Å². The van der Waals surface area contributed by atoms with Crippen molar-refractivity contribution in [2.75, 3.05) is 44.9 Å². The number of nitrogens with zero attached hydrogens (tertiary/aromatic N) is 5. The molecule has 1 aliphatic heterocycles. The summed E-state index contributed by atoms with van der Waals surface area (Å²) in [4.78, 5) is 11.6. The molecule has 0 amide bonds. The van der Waals surface area contributed by atoms with Crippen LogP contribution in [0.3, 0.4) is 0 Å². The van der Waals surface area contributed by atoms with E-state index >= 15 is 0 Å². The van der Waals surface area contributed by atoms with Crippen LogP contribution in [-0.2, 0) is 9.47 Å². The molecule has 0 radical (unpaired) electrons. The molecule has 4 heterocycles. The maximum absolute atomic E-state index is 9.77. The topological polar surface area (TPSA) is 85.5 Å². The molecule has 0 spiro atoms. The number of anilines is 1. The van der Waals surface area contributed by atoms with E-state index in [-0.39, 0.29) is 6.61 Å². The standard InChI is InChI=1S/C23H25N5O3S/c1-15-11-18(17-14-32-20-6-4-3-5-16(17)20)26-28(15)22-12-21(27-7-9-31-10-8-27)24-23(25-22)19(13-29)30-2/h3-6,11-12,14,19,29H,7-10,13H2,1-2H3/t19-/m1/s1. The van der Waals surface area contributed by atoms with Crippen molar-refractivity contribution in [1.82, 2.24) is 19.7 Å². The summed E-state index contributed by atoms with van der Waals surface area (Å²) in [7, 11) is 1.55. The molecule has 0 unspecified atom stereocenters. The SMILES string of the molecule is CO[C@H](CO)c1nc(N2CCOCC2)cc(-n2nc(-c3csc4ccccc34)cc2C)n1. The van der Waals surface area contributed by atoms with Gasteiger partial charge in [0.2, 0.25) is 0 Å². The maximum Gasteiger partial charge on any atom is 0.164 e. The summed E-state index contributed by atoms with van der Waals surface area (Å²) in [6, 6.07) is 12.4.